The third kappa shape index (κ3) is 4.05. The first-order chi connectivity index (χ1) is 9.13. The van der Waals surface area contributed by atoms with Gasteiger partial charge in [0.1, 0.15) is 0 Å². The van der Waals surface area contributed by atoms with Gasteiger partial charge in [0.05, 0.1) is 21.3 Å². The van der Waals surface area contributed by atoms with Crippen LogP contribution in [0, 0.1) is 0 Å². The van der Waals surface area contributed by atoms with Crippen LogP contribution in [0.1, 0.15) is 24.8 Å². The summed E-state index contributed by atoms with van der Waals surface area (Å²) in [4.78, 5) is 10.5. The number of hydrogen-bond acceptors (Lipinski definition) is 4. The maximum Gasteiger partial charge on any atom is 0.303 e. The van der Waals surface area contributed by atoms with E-state index < -0.39 is 5.97 Å². The van der Waals surface area contributed by atoms with Crippen molar-refractivity contribution in [2.75, 3.05) is 21.3 Å². The number of hydrogen-bond donors (Lipinski definition) is 1. The number of aliphatic carboxylic acids is 1. The molecule has 0 saturated carbocycles. The highest BCUT2D eigenvalue weighted by molar-refractivity contribution is 5.66. The second kappa shape index (κ2) is 7.51. The van der Waals surface area contributed by atoms with Crippen molar-refractivity contribution in [1.82, 2.24) is 0 Å². The standard InChI is InChI=1S/C14H20O5/c1-17-11-9-8-10(6-4-5-7-12(15)16)13(18-2)14(11)19-3/h8-9H,4-7H2,1-3H3,(H,15,16). The van der Waals surface area contributed by atoms with Crippen molar-refractivity contribution in [3.05, 3.63) is 17.7 Å². The molecule has 0 aliphatic carbocycles. The van der Waals surface area contributed by atoms with Crippen LogP contribution in [0.15, 0.2) is 12.1 Å². The lowest BCUT2D eigenvalue weighted by Gasteiger charge is -2.15. The monoisotopic (exact) mass is 268 g/mol. The molecule has 0 bridgehead atoms. The fourth-order valence-electron chi connectivity index (χ4n) is 1.95. The molecular weight excluding hydrogens is 248 g/mol. The van der Waals surface area contributed by atoms with Crippen LogP contribution < -0.4 is 14.2 Å². The molecule has 0 fully saturated rings. The highest BCUT2D eigenvalue weighted by atomic mass is 16.5. The summed E-state index contributed by atoms with van der Waals surface area (Å²) < 4.78 is 15.9. The van der Waals surface area contributed by atoms with E-state index in [9.17, 15) is 4.79 Å². The van der Waals surface area contributed by atoms with Gasteiger partial charge >= 0.3 is 5.97 Å². The van der Waals surface area contributed by atoms with Crippen molar-refractivity contribution in [2.24, 2.45) is 0 Å². The van der Waals surface area contributed by atoms with Crippen molar-refractivity contribution in [2.45, 2.75) is 25.7 Å². The predicted molar refractivity (Wildman–Crippen MR) is 71.3 cm³/mol. The van der Waals surface area contributed by atoms with Gasteiger partial charge in [-0.25, -0.2) is 0 Å². The molecule has 5 nitrogen and oxygen atoms in total. The minimum atomic E-state index is -0.765. The van der Waals surface area contributed by atoms with E-state index in [0.29, 0.717) is 23.7 Å². The molecule has 1 aromatic carbocycles. The first kappa shape index (κ1) is 15.1. The van der Waals surface area contributed by atoms with E-state index in [2.05, 4.69) is 0 Å². The minimum absolute atomic E-state index is 0.190. The van der Waals surface area contributed by atoms with Crippen LogP contribution in [0.5, 0.6) is 17.2 Å². The molecule has 1 N–H and O–H groups in total. The number of unbranched alkanes of at least 4 members (excludes halogenated alkanes) is 1. The van der Waals surface area contributed by atoms with Crippen LogP contribution in [-0.2, 0) is 11.2 Å². The third-order valence-corrected chi connectivity index (χ3v) is 2.87. The SMILES string of the molecule is COc1ccc(CCCCC(=O)O)c(OC)c1OC. The van der Waals surface area contributed by atoms with E-state index in [4.69, 9.17) is 19.3 Å². The molecule has 106 valence electrons. The van der Waals surface area contributed by atoms with Gasteiger partial charge in [0.2, 0.25) is 5.75 Å². The fourth-order valence-corrected chi connectivity index (χ4v) is 1.95. The Hall–Kier alpha value is -1.91. The first-order valence-corrected chi connectivity index (χ1v) is 6.13. The van der Waals surface area contributed by atoms with Crippen molar-refractivity contribution >= 4 is 5.97 Å². The molecule has 0 aromatic heterocycles. The van der Waals surface area contributed by atoms with Crippen molar-refractivity contribution < 1.29 is 24.1 Å². The van der Waals surface area contributed by atoms with Crippen LogP contribution in [-0.4, -0.2) is 32.4 Å². The molecule has 0 saturated heterocycles. The quantitative estimate of drug-likeness (QED) is 0.734. The van der Waals surface area contributed by atoms with E-state index in [-0.39, 0.29) is 6.42 Å². The lowest BCUT2D eigenvalue weighted by molar-refractivity contribution is -0.137. The lowest BCUT2D eigenvalue weighted by Crippen LogP contribution is -2.00. The van der Waals surface area contributed by atoms with Gasteiger partial charge < -0.3 is 19.3 Å². The Morgan fingerprint density at radius 1 is 1.05 bits per heavy atom. The summed E-state index contributed by atoms with van der Waals surface area (Å²) in [6.45, 7) is 0. The van der Waals surface area contributed by atoms with Gasteiger partial charge in [-0.3, -0.25) is 4.79 Å². The van der Waals surface area contributed by atoms with E-state index in [0.717, 1.165) is 18.4 Å². The van der Waals surface area contributed by atoms with Crippen molar-refractivity contribution in [3.8, 4) is 17.2 Å². The number of carboxylic acids is 1. The summed E-state index contributed by atoms with van der Waals surface area (Å²) >= 11 is 0. The molecule has 0 heterocycles. The Balaban J connectivity index is 2.80. The van der Waals surface area contributed by atoms with Gasteiger partial charge in [0.15, 0.2) is 11.5 Å². The Kier molecular flexibility index (Phi) is 5.99. The zero-order chi connectivity index (χ0) is 14.3. The summed E-state index contributed by atoms with van der Waals surface area (Å²) in [5, 5.41) is 8.60. The molecule has 0 aliphatic heterocycles. The molecule has 0 unspecified atom stereocenters. The molecule has 0 atom stereocenters. The average molecular weight is 268 g/mol. The van der Waals surface area contributed by atoms with Gasteiger partial charge in [0.25, 0.3) is 0 Å². The van der Waals surface area contributed by atoms with E-state index in [1.54, 1.807) is 21.3 Å². The topological polar surface area (TPSA) is 65.0 Å². The summed E-state index contributed by atoms with van der Waals surface area (Å²) in [5.41, 5.74) is 0.991. The number of aryl methyl sites for hydroxylation is 1. The molecule has 0 amide bonds. The van der Waals surface area contributed by atoms with E-state index in [1.165, 1.54) is 0 Å². The van der Waals surface area contributed by atoms with Gasteiger partial charge in [-0.15, -0.1) is 0 Å². The number of benzene rings is 1. The van der Waals surface area contributed by atoms with Crippen molar-refractivity contribution in [1.29, 1.82) is 0 Å². The fraction of sp³-hybridized carbons (Fsp3) is 0.500. The van der Waals surface area contributed by atoms with Crippen LogP contribution in [0.25, 0.3) is 0 Å². The molecule has 1 rings (SSSR count). The lowest BCUT2D eigenvalue weighted by atomic mass is 10.0. The Morgan fingerprint density at radius 2 is 1.74 bits per heavy atom. The summed E-state index contributed by atoms with van der Waals surface area (Å²) in [7, 11) is 4.72. The molecule has 0 spiro atoms. The average Bonchev–Trinajstić information content (AvgIpc) is 2.42. The highest BCUT2D eigenvalue weighted by Gasteiger charge is 2.15. The number of carboxylic acid groups (broad SMARTS) is 1. The van der Waals surface area contributed by atoms with Gasteiger partial charge in [-0.2, -0.15) is 0 Å². The smallest absolute Gasteiger partial charge is 0.303 e. The molecule has 5 heteroatoms. The number of carbonyl (C=O) groups is 1. The molecule has 0 aliphatic rings. The van der Waals surface area contributed by atoms with E-state index in [1.807, 2.05) is 12.1 Å². The Bertz CT molecular complexity index is 428. The molecule has 0 radical (unpaired) electrons. The second-order valence-corrected chi connectivity index (χ2v) is 4.09. The minimum Gasteiger partial charge on any atom is -0.493 e. The summed E-state index contributed by atoms with van der Waals surface area (Å²) in [6, 6.07) is 3.74. The maximum atomic E-state index is 10.5. The second-order valence-electron chi connectivity index (χ2n) is 4.09. The summed E-state index contributed by atoms with van der Waals surface area (Å²) in [6.07, 6.45) is 2.37. The van der Waals surface area contributed by atoms with Crippen molar-refractivity contribution in [3.63, 3.8) is 0 Å². The van der Waals surface area contributed by atoms with Crippen LogP contribution in [0.4, 0.5) is 0 Å². The Morgan fingerprint density at radius 3 is 2.26 bits per heavy atom. The van der Waals surface area contributed by atoms with Crippen LogP contribution >= 0.6 is 0 Å². The van der Waals surface area contributed by atoms with E-state index >= 15 is 0 Å². The number of ether oxygens (including phenoxy) is 3. The molecule has 19 heavy (non-hydrogen) atoms. The largest absolute Gasteiger partial charge is 0.493 e. The Labute approximate surface area is 113 Å². The predicted octanol–water partition coefficient (Wildman–Crippen LogP) is 2.51. The highest BCUT2D eigenvalue weighted by Crippen LogP contribution is 2.40. The summed E-state index contributed by atoms with van der Waals surface area (Å²) in [5.74, 6) is 1.07. The molecular formula is C14H20O5. The van der Waals surface area contributed by atoms with Gasteiger partial charge in [-0.05, 0) is 30.9 Å². The third-order valence-electron chi connectivity index (χ3n) is 2.87. The maximum absolute atomic E-state index is 10.5. The zero-order valence-corrected chi connectivity index (χ0v) is 11.6. The van der Waals surface area contributed by atoms with Crippen LogP contribution in [0.2, 0.25) is 0 Å². The van der Waals surface area contributed by atoms with Gasteiger partial charge in [0, 0.05) is 6.42 Å². The number of rotatable bonds is 8. The normalized spacial score (nSPS) is 10.1. The molecule has 1 aromatic rings. The first-order valence-electron chi connectivity index (χ1n) is 6.13. The van der Waals surface area contributed by atoms with Gasteiger partial charge in [-0.1, -0.05) is 6.07 Å². The number of methoxy groups -OCH3 is 3. The van der Waals surface area contributed by atoms with Crippen LogP contribution in [0.3, 0.4) is 0 Å². The zero-order valence-electron chi connectivity index (χ0n) is 11.6.